The van der Waals surface area contributed by atoms with Crippen LogP contribution in [0.5, 0.6) is 0 Å². The molecule has 6 nitrogen and oxygen atoms in total. The highest BCUT2D eigenvalue weighted by atomic mass is 79.9. The third-order valence-electron chi connectivity index (χ3n) is 3.60. The molecule has 1 amide bonds. The summed E-state index contributed by atoms with van der Waals surface area (Å²) in [5.41, 5.74) is 1.79. The van der Waals surface area contributed by atoms with Crippen LogP contribution in [0.4, 0.5) is 0 Å². The zero-order chi connectivity index (χ0) is 17.8. The van der Waals surface area contributed by atoms with E-state index in [-0.39, 0.29) is 12.5 Å². The Hall–Kier alpha value is -2.25. The van der Waals surface area contributed by atoms with Crippen LogP contribution in [-0.4, -0.2) is 38.1 Å². The zero-order valence-corrected chi connectivity index (χ0v) is 15.8. The molecule has 0 fully saturated rings. The van der Waals surface area contributed by atoms with E-state index in [1.165, 1.54) is 4.80 Å². The monoisotopic (exact) mass is 419 g/mol. The third kappa shape index (κ3) is 4.43. The Morgan fingerprint density at radius 1 is 1.24 bits per heavy atom. The number of carbonyl (C=O) groups excluding carboxylic acids is 1. The zero-order valence-electron chi connectivity index (χ0n) is 13.4. The van der Waals surface area contributed by atoms with E-state index in [4.69, 9.17) is 11.6 Å². The van der Waals surface area contributed by atoms with Gasteiger partial charge in [0.15, 0.2) is 0 Å². The van der Waals surface area contributed by atoms with Crippen molar-refractivity contribution in [1.29, 1.82) is 0 Å². The van der Waals surface area contributed by atoms with Crippen molar-refractivity contribution in [2.24, 2.45) is 0 Å². The van der Waals surface area contributed by atoms with Gasteiger partial charge >= 0.3 is 0 Å². The fourth-order valence-electron chi connectivity index (χ4n) is 2.27. The second-order valence-electron chi connectivity index (χ2n) is 5.50. The highest BCUT2D eigenvalue weighted by Crippen LogP contribution is 2.19. The molecule has 0 saturated heterocycles. The molecule has 1 heterocycles. The van der Waals surface area contributed by atoms with E-state index in [2.05, 4.69) is 31.3 Å². The SMILES string of the molecule is CN(Cc1ccccc1Br)C(=O)Cn1nnc(-c2cccc(Cl)c2)n1. The Labute approximate surface area is 158 Å². The lowest BCUT2D eigenvalue weighted by Crippen LogP contribution is -2.30. The summed E-state index contributed by atoms with van der Waals surface area (Å²) >= 11 is 9.46. The summed E-state index contributed by atoms with van der Waals surface area (Å²) < 4.78 is 0.969. The van der Waals surface area contributed by atoms with Gasteiger partial charge in [0.2, 0.25) is 11.7 Å². The van der Waals surface area contributed by atoms with Crippen LogP contribution in [0.3, 0.4) is 0 Å². The second kappa shape index (κ2) is 7.76. The van der Waals surface area contributed by atoms with Gasteiger partial charge in [0.25, 0.3) is 0 Å². The molecule has 0 aliphatic heterocycles. The lowest BCUT2D eigenvalue weighted by Gasteiger charge is -2.17. The van der Waals surface area contributed by atoms with Crippen LogP contribution in [0.2, 0.25) is 5.02 Å². The Morgan fingerprint density at radius 3 is 2.80 bits per heavy atom. The number of nitrogens with zero attached hydrogens (tertiary/aromatic N) is 5. The van der Waals surface area contributed by atoms with Gasteiger partial charge in [0.1, 0.15) is 6.54 Å². The fraction of sp³-hybridized carbons (Fsp3) is 0.176. The first-order valence-corrected chi connectivity index (χ1v) is 8.71. The molecule has 0 N–H and O–H groups in total. The maximum atomic E-state index is 12.4. The van der Waals surface area contributed by atoms with Gasteiger partial charge in [-0.3, -0.25) is 4.79 Å². The van der Waals surface area contributed by atoms with Crippen molar-refractivity contribution in [1.82, 2.24) is 25.1 Å². The first kappa shape index (κ1) is 17.6. The minimum atomic E-state index is -0.106. The summed E-state index contributed by atoms with van der Waals surface area (Å²) in [5.74, 6) is 0.328. The Bertz CT molecular complexity index is 898. The van der Waals surface area contributed by atoms with Gasteiger partial charge in [-0.15, -0.1) is 10.2 Å². The van der Waals surface area contributed by atoms with Crippen molar-refractivity contribution in [3.05, 3.63) is 63.6 Å². The van der Waals surface area contributed by atoms with E-state index in [0.717, 1.165) is 15.6 Å². The van der Waals surface area contributed by atoms with E-state index >= 15 is 0 Å². The van der Waals surface area contributed by atoms with Gasteiger partial charge in [-0.2, -0.15) is 4.80 Å². The van der Waals surface area contributed by atoms with Gasteiger partial charge in [-0.05, 0) is 29.0 Å². The van der Waals surface area contributed by atoms with E-state index in [0.29, 0.717) is 17.4 Å². The maximum absolute atomic E-state index is 12.4. The van der Waals surface area contributed by atoms with E-state index in [1.54, 1.807) is 24.1 Å². The maximum Gasteiger partial charge on any atom is 0.246 e. The molecule has 2 aromatic carbocycles. The molecule has 0 bridgehead atoms. The number of aromatic nitrogens is 4. The number of carbonyl (C=O) groups is 1. The smallest absolute Gasteiger partial charge is 0.246 e. The molecule has 0 saturated carbocycles. The molecule has 0 spiro atoms. The molecule has 3 aromatic rings. The molecule has 0 atom stereocenters. The lowest BCUT2D eigenvalue weighted by atomic mass is 10.2. The van der Waals surface area contributed by atoms with Crippen LogP contribution < -0.4 is 0 Å². The van der Waals surface area contributed by atoms with Crippen molar-refractivity contribution < 1.29 is 4.79 Å². The van der Waals surface area contributed by atoms with E-state index < -0.39 is 0 Å². The van der Waals surface area contributed by atoms with Crippen LogP contribution in [0.25, 0.3) is 11.4 Å². The topological polar surface area (TPSA) is 63.9 Å². The fourth-order valence-corrected chi connectivity index (χ4v) is 2.87. The van der Waals surface area contributed by atoms with Crippen LogP contribution in [0.1, 0.15) is 5.56 Å². The van der Waals surface area contributed by atoms with Crippen molar-refractivity contribution in [3.8, 4) is 11.4 Å². The van der Waals surface area contributed by atoms with E-state index in [1.807, 2.05) is 36.4 Å². The Kier molecular flexibility index (Phi) is 5.45. The van der Waals surface area contributed by atoms with Gasteiger partial charge in [-0.25, -0.2) is 0 Å². The summed E-state index contributed by atoms with van der Waals surface area (Å²) in [6.07, 6.45) is 0. The molecular weight excluding hydrogens is 406 g/mol. The van der Waals surface area contributed by atoms with Gasteiger partial charge in [-0.1, -0.05) is 57.9 Å². The van der Waals surface area contributed by atoms with Crippen molar-refractivity contribution in [2.75, 3.05) is 7.05 Å². The second-order valence-corrected chi connectivity index (χ2v) is 6.79. The molecule has 25 heavy (non-hydrogen) atoms. The summed E-state index contributed by atoms with van der Waals surface area (Å²) in [5, 5.41) is 12.8. The number of halogens is 2. The van der Waals surface area contributed by atoms with Crippen LogP contribution in [-0.2, 0) is 17.9 Å². The third-order valence-corrected chi connectivity index (χ3v) is 4.61. The molecule has 8 heteroatoms. The Balaban J connectivity index is 1.66. The van der Waals surface area contributed by atoms with Crippen molar-refractivity contribution in [2.45, 2.75) is 13.1 Å². The predicted octanol–water partition coefficient (Wildman–Crippen LogP) is 3.41. The number of benzene rings is 2. The number of likely N-dealkylation sites (N-methyl/N-ethyl adjacent to an activating group) is 1. The highest BCUT2D eigenvalue weighted by molar-refractivity contribution is 9.10. The quantitative estimate of drug-likeness (QED) is 0.634. The number of hydrogen-bond acceptors (Lipinski definition) is 4. The normalized spacial score (nSPS) is 10.7. The van der Waals surface area contributed by atoms with Gasteiger partial charge < -0.3 is 4.90 Å². The summed E-state index contributed by atoms with van der Waals surface area (Å²) in [4.78, 5) is 15.3. The average molecular weight is 421 g/mol. The minimum Gasteiger partial charge on any atom is -0.340 e. The highest BCUT2D eigenvalue weighted by Gasteiger charge is 2.14. The molecule has 0 radical (unpaired) electrons. The van der Waals surface area contributed by atoms with Gasteiger partial charge in [0, 0.05) is 28.7 Å². The average Bonchev–Trinajstić information content (AvgIpc) is 3.05. The van der Waals surface area contributed by atoms with Crippen molar-refractivity contribution >= 4 is 33.4 Å². The van der Waals surface area contributed by atoms with Gasteiger partial charge in [0.05, 0.1) is 0 Å². The minimum absolute atomic E-state index is 0.0223. The Morgan fingerprint density at radius 2 is 2.04 bits per heavy atom. The lowest BCUT2D eigenvalue weighted by molar-refractivity contribution is -0.131. The number of tetrazole rings is 1. The first-order chi connectivity index (χ1) is 12.0. The first-order valence-electron chi connectivity index (χ1n) is 7.54. The molecule has 1 aromatic heterocycles. The summed E-state index contributed by atoms with van der Waals surface area (Å²) in [7, 11) is 1.75. The number of rotatable bonds is 5. The molecule has 0 unspecified atom stereocenters. The summed E-state index contributed by atoms with van der Waals surface area (Å²) in [6.45, 7) is 0.518. The molecule has 0 aliphatic carbocycles. The van der Waals surface area contributed by atoms with Crippen LogP contribution >= 0.6 is 27.5 Å². The number of hydrogen-bond donors (Lipinski definition) is 0. The number of amides is 1. The largest absolute Gasteiger partial charge is 0.340 e. The van der Waals surface area contributed by atoms with Crippen molar-refractivity contribution in [3.63, 3.8) is 0 Å². The molecule has 3 rings (SSSR count). The standard InChI is InChI=1S/C17H15BrClN5O/c1-23(10-13-5-2-3-8-15(13)18)16(25)11-24-21-17(20-22-24)12-6-4-7-14(19)9-12/h2-9H,10-11H2,1H3. The van der Waals surface area contributed by atoms with Crippen LogP contribution in [0.15, 0.2) is 53.0 Å². The van der Waals surface area contributed by atoms with Crippen LogP contribution in [0, 0.1) is 0 Å². The predicted molar refractivity (Wildman–Crippen MR) is 98.9 cm³/mol. The van der Waals surface area contributed by atoms with E-state index in [9.17, 15) is 4.79 Å². The summed E-state index contributed by atoms with van der Waals surface area (Å²) in [6, 6.07) is 15.0. The molecule has 0 aliphatic rings. The molecular formula is C17H15BrClN5O. The molecule has 128 valence electrons.